The predicted molar refractivity (Wildman–Crippen MR) is 100 cm³/mol. The SMILES string of the molecule is CN(Cc1cccnc1)C(=O)[C@H]1CCCN(C(=O)Cc2ccccc2)C1. The van der Waals surface area contributed by atoms with E-state index in [0.29, 0.717) is 19.5 Å². The predicted octanol–water partition coefficient (Wildman–Crippen LogP) is 2.52. The molecule has 0 N–H and O–H groups in total. The molecule has 0 radical (unpaired) electrons. The molecular formula is C21H25N3O2. The van der Waals surface area contributed by atoms with E-state index in [4.69, 9.17) is 0 Å². The second-order valence-electron chi connectivity index (χ2n) is 6.90. The molecule has 5 heteroatoms. The fourth-order valence-corrected chi connectivity index (χ4v) is 3.44. The number of pyridine rings is 1. The number of hydrogen-bond acceptors (Lipinski definition) is 3. The minimum atomic E-state index is -0.120. The molecule has 2 amide bonds. The van der Waals surface area contributed by atoms with Crippen molar-refractivity contribution in [2.75, 3.05) is 20.1 Å². The van der Waals surface area contributed by atoms with Gasteiger partial charge in [0.2, 0.25) is 11.8 Å². The second kappa shape index (κ2) is 8.61. The van der Waals surface area contributed by atoms with Crippen molar-refractivity contribution in [3.8, 4) is 0 Å². The summed E-state index contributed by atoms with van der Waals surface area (Å²) in [4.78, 5) is 33.1. The van der Waals surface area contributed by atoms with Crippen LogP contribution in [0.15, 0.2) is 54.9 Å². The van der Waals surface area contributed by atoms with Gasteiger partial charge in [-0.1, -0.05) is 36.4 Å². The fraction of sp³-hybridized carbons (Fsp3) is 0.381. The van der Waals surface area contributed by atoms with Crippen molar-refractivity contribution in [3.05, 3.63) is 66.0 Å². The minimum Gasteiger partial charge on any atom is -0.342 e. The zero-order valence-corrected chi connectivity index (χ0v) is 15.2. The summed E-state index contributed by atoms with van der Waals surface area (Å²) < 4.78 is 0. The zero-order valence-electron chi connectivity index (χ0n) is 15.2. The maximum atomic E-state index is 12.8. The first-order valence-electron chi connectivity index (χ1n) is 9.09. The lowest BCUT2D eigenvalue weighted by atomic mass is 9.96. The van der Waals surface area contributed by atoms with Gasteiger partial charge in [-0.2, -0.15) is 0 Å². The molecule has 0 spiro atoms. The molecule has 0 aliphatic carbocycles. The molecule has 1 saturated heterocycles. The Labute approximate surface area is 154 Å². The Balaban J connectivity index is 1.57. The summed E-state index contributed by atoms with van der Waals surface area (Å²) >= 11 is 0. The van der Waals surface area contributed by atoms with Crippen LogP contribution in [0.2, 0.25) is 0 Å². The standard InChI is InChI=1S/C21H25N3O2/c1-23(15-18-9-5-11-22-14-18)21(26)19-10-6-12-24(16-19)20(25)13-17-7-3-2-4-8-17/h2-5,7-9,11,14,19H,6,10,12-13,15-16H2,1H3/t19-/m0/s1. The number of amides is 2. The van der Waals surface area contributed by atoms with E-state index in [1.807, 2.05) is 54.4 Å². The molecule has 0 saturated carbocycles. The number of aromatic nitrogens is 1. The van der Waals surface area contributed by atoms with E-state index in [0.717, 1.165) is 30.5 Å². The van der Waals surface area contributed by atoms with Crippen LogP contribution in [0.3, 0.4) is 0 Å². The molecule has 1 aromatic carbocycles. The summed E-state index contributed by atoms with van der Waals surface area (Å²) in [7, 11) is 1.82. The zero-order chi connectivity index (χ0) is 18.4. The third-order valence-electron chi connectivity index (χ3n) is 4.84. The van der Waals surface area contributed by atoms with E-state index in [9.17, 15) is 9.59 Å². The summed E-state index contributed by atoms with van der Waals surface area (Å²) in [6.45, 7) is 1.80. The molecule has 5 nitrogen and oxygen atoms in total. The van der Waals surface area contributed by atoms with Crippen molar-refractivity contribution in [3.63, 3.8) is 0 Å². The molecule has 1 aliphatic heterocycles. The number of carbonyl (C=O) groups excluding carboxylic acids is 2. The molecule has 136 valence electrons. The number of piperidine rings is 1. The van der Waals surface area contributed by atoms with E-state index in [1.165, 1.54) is 0 Å². The number of hydrogen-bond donors (Lipinski definition) is 0. The first kappa shape index (κ1) is 18.1. The van der Waals surface area contributed by atoms with Crippen LogP contribution < -0.4 is 0 Å². The number of carbonyl (C=O) groups is 2. The highest BCUT2D eigenvalue weighted by Crippen LogP contribution is 2.20. The van der Waals surface area contributed by atoms with Crippen LogP contribution in [0.4, 0.5) is 0 Å². The first-order chi connectivity index (χ1) is 12.6. The third kappa shape index (κ3) is 4.69. The Hall–Kier alpha value is -2.69. The van der Waals surface area contributed by atoms with Crippen molar-refractivity contribution in [2.45, 2.75) is 25.8 Å². The van der Waals surface area contributed by atoms with Gasteiger partial charge in [-0.05, 0) is 30.0 Å². The first-order valence-corrected chi connectivity index (χ1v) is 9.09. The Morgan fingerprint density at radius 2 is 1.92 bits per heavy atom. The van der Waals surface area contributed by atoms with E-state index in [-0.39, 0.29) is 17.7 Å². The van der Waals surface area contributed by atoms with Crippen LogP contribution in [-0.4, -0.2) is 46.7 Å². The van der Waals surface area contributed by atoms with Gasteiger partial charge in [0.15, 0.2) is 0 Å². The monoisotopic (exact) mass is 351 g/mol. The van der Waals surface area contributed by atoms with Gasteiger partial charge in [0.25, 0.3) is 0 Å². The molecular weight excluding hydrogens is 326 g/mol. The largest absolute Gasteiger partial charge is 0.342 e. The quantitative estimate of drug-likeness (QED) is 0.832. The maximum Gasteiger partial charge on any atom is 0.227 e. The molecule has 2 heterocycles. The molecule has 1 atom stereocenters. The van der Waals surface area contributed by atoms with E-state index in [1.54, 1.807) is 17.3 Å². The van der Waals surface area contributed by atoms with Crippen molar-refractivity contribution in [2.24, 2.45) is 5.92 Å². The minimum absolute atomic E-state index is 0.101. The van der Waals surface area contributed by atoms with Crippen LogP contribution in [0.1, 0.15) is 24.0 Å². The molecule has 2 aromatic rings. The number of likely N-dealkylation sites (tertiary alicyclic amines) is 1. The van der Waals surface area contributed by atoms with E-state index < -0.39 is 0 Å². The number of benzene rings is 1. The molecule has 1 aromatic heterocycles. The molecule has 26 heavy (non-hydrogen) atoms. The van der Waals surface area contributed by atoms with Gasteiger partial charge in [-0.25, -0.2) is 0 Å². The summed E-state index contributed by atoms with van der Waals surface area (Å²) in [5, 5.41) is 0. The molecule has 0 bridgehead atoms. The van der Waals surface area contributed by atoms with E-state index in [2.05, 4.69) is 4.98 Å². The summed E-state index contributed by atoms with van der Waals surface area (Å²) in [6.07, 6.45) is 5.61. The van der Waals surface area contributed by atoms with Crippen molar-refractivity contribution < 1.29 is 9.59 Å². The lowest BCUT2D eigenvalue weighted by Crippen LogP contribution is -2.46. The summed E-state index contributed by atoms with van der Waals surface area (Å²) in [6, 6.07) is 13.6. The molecule has 1 aliphatic rings. The topological polar surface area (TPSA) is 53.5 Å². The van der Waals surface area contributed by atoms with Gasteiger partial charge in [-0.15, -0.1) is 0 Å². The highest BCUT2D eigenvalue weighted by molar-refractivity contribution is 5.82. The van der Waals surface area contributed by atoms with Crippen molar-refractivity contribution in [1.29, 1.82) is 0 Å². The van der Waals surface area contributed by atoms with E-state index >= 15 is 0 Å². The van der Waals surface area contributed by atoms with Gasteiger partial charge < -0.3 is 9.80 Å². The third-order valence-corrected chi connectivity index (χ3v) is 4.84. The number of nitrogens with zero attached hydrogens (tertiary/aromatic N) is 3. The van der Waals surface area contributed by atoms with Gasteiger partial charge >= 0.3 is 0 Å². The second-order valence-corrected chi connectivity index (χ2v) is 6.90. The lowest BCUT2D eigenvalue weighted by molar-refractivity contribution is -0.140. The Kier molecular flexibility index (Phi) is 6.00. The van der Waals surface area contributed by atoms with Crippen LogP contribution in [0.25, 0.3) is 0 Å². The molecule has 3 rings (SSSR count). The highest BCUT2D eigenvalue weighted by Gasteiger charge is 2.30. The van der Waals surface area contributed by atoms with Crippen LogP contribution in [0, 0.1) is 5.92 Å². The van der Waals surface area contributed by atoms with Crippen molar-refractivity contribution >= 4 is 11.8 Å². The Morgan fingerprint density at radius 1 is 1.15 bits per heavy atom. The molecule has 0 unspecified atom stereocenters. The number of rotatable bonds is 5. The smallest absolute Gasteiger partial charge is 0.227 e. The van der Waals surface area contributed by atoms with Crippen LogP contribution in [-0.2, 0) is 22.6 Å². The fourth-order valence-electron chi connectivity index (χ4n) is 3.44. The summed E-state index contributed by atoms with van der Waals surface area (Å²) in [5.74, 6) is 0.0832. The average molecular weight is 351 g/mol. The lowest BCUT2D eigenvalue weighted by Gasteiger charge is -2.34. The maximum absolute atomic E-state index is 12.8. The average Bonchev–Trinajstić information content (AvgIpc) is 2.69. The molecule has 1 fully saturated rings. The van der Waals surface area contributed by atoms with Gasteiger partial charge in [0.05, 0.1) is 12.3 Å². The highest BCUT2D eigenvalue weighted by atomic mass is 16.2. The Bertz CT molecular complexity index is 733. The van der Waals surface area contributed by atoms with Crippen LogP contribution >= 0.6 is 0 Å². The Morgan fingerprint density at radius 3 is 2.65 bits per heavy atom. The van der Waals surface area contributed by atoms with Crippen molar-refractivity contribution in [1.82, 2.24) is 14.8 Å². The van der Waals surface area contributed by atoms with Gasteiger partial charge in [-0.3, -0.25) is 14.6 Å². The normalized spacial score (nSPS) is 17.0. The van der Waals surface area contributed by atoms with Crippen LogP contribution in [0.5, 0.6) is 0 Å². The van der Waals surface area contributed by atoms with Gasteiger partial charge in [0.1, 0.15) is 0 Å². The van der Waals surface area contributed by atoms with Gasteiger partial charge in [0, 0.05) is 39.1 Å². The summed E-state index contributed by atoms with van der Waals surface area (Å²) in [5.41, 5.74) is 2.02.